The van der Waals surface area contributed by atoms with Gasteiger partial charge in [-0.3, -0.25) is 5.32 Å². The van der Waals surface area contributed by atoms with Crippen molar-refractivity contribution in [1.82, 2.24) is 10.3 Å². The molecule has 2 amide bonds. The van der Waals surface area contributed by atoms with Crippen molar-refractivity contribution in [2.24, 2.45) is 0 Å². The number of aromatic nitrogens is 1. The molecular formula is C12H15N3O3S. The van der Waals surface area contributed by atoms with Crippen LogP contribution in [0, 0.1) is 0 Å². The van der Waals surface area contributed by atoms with E-state index in [2.05, 4.69) is 15.6 Å². The van der Waals surface area contributed by atoms with Crippen molar-refractivity contribution in [1.29, 1.82) is 0 Å². The summed E-state index contributed by atoms with van der Waals surface area (Å²) in [5.74, 6) is -1.01. The fourth-order valence-corrected chi connectivity index (χ4v) is 2.68. The van der Waals surface area contributed by atoms with E-state index in [1.54, 1.807) is 0 Å². The van der Waals surface area contributed by atoms with Gasteiger partial charge in [-0.2, -0.15) is 0 Å². The van der Waals surface area contributed by atoms with Crippen LogP contribution in [0.2, 0.25) is 0 Å². The zero-order valence-electron chi connectivity index (χ0n) is 10.3. The second-order valence-corrected chi connectivity index (χ2v) is 5.38. The Kier molecular flexibility index (Phi) is 4.51. The summed E-state index contributed by atoms with van der Waals surface area (Å²) >= 11 is 1.23. The molecule has 1 fully saturated rings. The van der Waals surface area contributed by atoms with E-state index in [4.69, 9.17) is 5.11 Å². The third kappa shape index (κ3) is 4.36. The monoisotopic (exact) mass is 281 g/mol. The number of urea groups is 1. The van der Waals surface area contributed by atoms with Gasteiger partial charge in [0.05, 0.1) is 0 Å². The van der Waals surface area contributed by atoms with E-state index in [0.29, 0.717) is 10.0 Å². The molecule has 0 bridgehead atoms. The number of thiazole rings is 1. The van der Waals surface area contributed by atoms with Crippen molar-refractivity contribution in [3.63, 3.8) is 0 Å². The number of carboxylic acids is 1. The average molecular weight is 281 g/mol. The maximum absolute atomic E-state index is 11.7. The van der Waals surface area contributed by atoms with Gasteiger partial charge in [-0.15, -0.1) is 0 Å². The van der Waals surface area contributed by atoms with Crippen LogP contribution in [0.15, 0.2) is 12.3 Å². The fraction of sp³-hybridized carbons (Fsp3) is 0.417. The maximum atomic E-state index is 11.7. The minimum Gasteiger partial charge on any atom is -0.478 e. The highest BCUT2D eigenvalue weighted by Crippen LogP contribution is 2.20. The average Bonchev–Trinajstić information content (AvgIpc) is 2.98. The van der Waals surface area contributed by atoms with Gasteiger partial charge in [-0.25, -0.2) is 14.6 Å². The number of rotatable bonds is 4. The van der Waals surface area contributed by atoms with E-state index in [-0.39, 0.29) is 12.1 Å². The van der Waals surface area contributed by atoms with Crippen molar-refractivity contribution in [2.75, 3.05) is 5.32 Å². The van der Waals surface area contributed by atoms with E-state index >= 15 is 0 Å². The molecule has 3 N–H and O–H groups in total. The van der Waals surface area contributed by atoms with E-state index in [1.165, 1.54) is 23.6 Å². The highest BCUT2D eigenvalue weighted by molar-refractivity contribution is 7.16. The van der Waals surface area contributed by atoms with Crippen LogP contribution in [-0.2, 0) is 4.79 Å². The lowest BCUT2D eigenvalue weighted by Gasteiger charge is -2.11. The first kappa shape index (κ1) is 13.5. The molecule has 6 nitrogen and oxygen atoms in total. The molecule has 1 aromatic rings. The van der Waals surface area contributed by atoms with Gasteiger partial charge in [-0.05, 0) is 18.9 Å². The zero-order valence-corrected chi connectivity index (χ0v) is 11.1. The van der Waals surface area contributed by atoms with Crippen LogP contribution < -0.4 is 10.6 Å². The van der Waals surface area contributed by atoms with Gasteiger partial charge in [0.15, 0.2) is 5.13 Å². The number of amides is 2. The van der Waals surface area contributed by atoms with Crippen LogP contribution in [-0.4, -0.2) is 28.1 Å². The van der Waals surface area contributed by atoms with Crippen molar-refractivity contribution in [3.05, 3.63) is 17.2 Å². The first-order valence-electron chi connectivity index (χ1n) is 6.08. The Labute approximate surface area is 114 Å². The standard InChI is InChI=1S/C12H15N3O3S/c16-10(17)6-5-9-7-13-12(19-9)15-11(18)14-8-3-1-2-4-8/h5-8H,1-4H2,(H,16,17)(H2,13,14,15,18). The van der Waals surface area contributed by atoms with Crippen LogP contribution in [0.5, 0.6) is 0 Å². The predicted molar refractivity (Wildman–Crippen MR) is 73.2 cm³/mol. The molecule has 1 aromatic heterocycles. The van der Waals surface area contributed by atoms with E-state index in [1.807, 2.05) is 0 Å². The fourth-order valence-electron chi connectivity index (χ4n) is 1.96. The lowest BCUT2D eigenvalue weighted by atomic mass is 10.3. The largest absolute Gasteiger partial charge is 0.478 e. The molecule has 0 radical (unpaired) electrons. The summed E-state index contributed by atoms with van der Waals surface area (Å²) in [7, 11) is 0. The van der Waals surface area contributed by atoms with E-state index in [9.17, 15) is 9.59 Å². The van der Waals surface area contributed by atoms with Crippen LogP contribution >= 0.6 is 11.3 Å². The number of nitrogens with one attached hydrogen (secondary N) is 2. The minimum atomic E-state index is -1.01. The van der Waals surface area contributed by atoms with Gasteiger partial charge < -0.3 is 10.4 Å². The summed E-state index contributed by atoms with van der Waals surface area (Å²) in [5.41, 5.74) is 0. The Bertz CT molecular complexity index is 492. The summed E-state index contributed by atoms with van der Waals surface area (Å²) in [4.78, 5) is 26.7. The zero-order chi connectivity index (χ0) is 13.7. The summed E-state index contributed by atoms with van der Waals surface area (Å²) in [6.07, 6.45) is 8.37. The van der Waals surface area contributed by atoms with Crippen molar-refractivity contribution in [3.8, 4) is 0 Å². The Balaban J connectivity index is 1.85. The van der Waals surface area contributed by atoms with Gasteiger partial charge >= 0.3 is 12.0 Å². The molecule has 1 aliphatic rings. The van der Waals surface area contributed by atoms with Gasteiger partial charge in [0.25, 0.3) is 0 Å². The lowest BCUT2D eigenvalue weighted by Crippen LogP contribution is -2.36. The smallest absolute Gasteiger partial charge is 0.328 e. The van der Waals surface area contributed by atoms with E-state index < -0.39 is 5.97 Å². The number of nitrogens with zero attached hydrogens (tertiary/aromatic N) is 1. The van der Waals surface area contributed by atoms with Gasteiger partial charge in [0.1, 0.15) is 0 Å². The Morgan fingerprint density at radius 1 is 1.42 bits per heavy atom. The van der Waals surface area contributed by atoms with Crippen LogP contribution in [0.3, 0.4) is 0 Å². The molecule has 0 atom stereocenters. The molecule has 1 saturated carbocycles. The molecule has 0 aliphatic heterocycles. The second kappa shape index (κ2) is 6.33. The highest BCUT2D eigenvalue weighted by atomic mass is 32.1. The van der Waals surface area contributed by atoms with Crippen molar-refractivity contribution < 1.29 is 14.7 Å². The van der Waals surface area contributed by atoms with Gasteiger partial charge in [0.2, 0.25) is 0 Å². The number of carbonyl (C=O) groups excluding carboxylic acids is 1. The molecule has 1 aliphatic carbocycles. The predicted octanol–water partition coefficient (Wildman–Crippen LogP) is 2.30. The maximum Gasteiger partial charge on any atom is 0.328 e. The topological polar surface area (TPSA) is 91.3 Å². The van der Waals surface area contributed by atoms with Crippen LogP contribution in [0.25, 0.3) is 6.08 Å². The van der Waals surface area contributed by atoms with Crippen LogP contribution in [0.1, 0.15) is 30.6 Å². The lowest BCUT2D eigenvalue weighted by molar-refractivity contribution is -0.131. The molecule has 0 unspecified atom stereocenters. The number of hydrogen-bond donors (Lipinski definition) is 3. The SMILES string of the molecule is O=C(O)C=Cc1cnc(NC(=O)NC2CCCC2)s1. The van der Waals surface area contributed by atoms with Crippen LogP contribution in [0.4, 0.5) is 9.93 Å². The van der Waals surface area contributed by atoms with Gasteiger partial charge in [-0.1, -0.05) is 24.2 Å². The Morgan fingerprint density at radius 3 is 2.84 bits per heavy atom. The van der Waals surface area contributed by atoms with Gasteiger partial charge in [0, 0.05) is 23.2 Å². The summed E-state index contributed by atoms with van der Waals surface area (Å²) < 4.78 is 0. The first-order valence-corrected chi connectivity index (χ1v) is 6.89. The molecule has 19 heavy (non-hydrogen) atoms. The third-order valence-corrected chi connectivity index (χ3v) is 3.70. The second-order valence-electron chi connectivity index (χ2n) is 4.32. The molecule has 0 saturated heterocycles. The molecule has 102 valence electrons. The molecule has 0 spiro atoms. The third-order valence-electron chi connectivity index (χ3n) is 2.82. The molecular weight excluding hydrogens is 266 g/mol. The Hall–Kier alpha value is -1.89. The quantitative estimate of drug-likeness (QED) is 0.738. The minimum absolute atomic E-state index is 0.255. The molecule has 7 heteroatoms. The number of anilines is 1. The number of aliphatic carboxylic acids is 1. The normalized spacial score (nSPS) is 15.8. The Morgan fingerprint density at radius 2 is 2.16 bits per heavy atom. The summed E-state index contributed by atoms with van der Waals surface area (Å²) in [6, 6.07) is 0.00125. The van der Waals surface area contributed by atoms with Crippen molar-refractivity contribution >= 4 is 34.5 Å². The number of carbonyl (C=O) groups is 2. The molecule has 1 heterocycles. The number of hydrogen-bond acceptors (Lipinski definition) is 4. The molecule has 0 aromatic carbocycles. The first-order chi connectivity index (χ1) is 9.13. The summed E-state index contributed by atoms with van der Waals surface area (Å²) in [6.45, 7) is 0. The van der Waals surface area contributed by atoms with E-state index in [0.717, 1.165) is 31.8 Å². The summed E-state index contributed by atoms with van der Waals surface area (Å²) in [5, 5.41) is 14.5. The van der Waals surface area contributed by atoms with Crippen molar-refractivity contribution in [2.45, 2.75) is 31.7 Å². The number of carboxylic acid groups (broad SMARTS) is 1. The molecule has 2 rings (SSSR count). The highest BCUT2D eigenvalue weighted by Gasteiger charge is 2.17.